The number of H-pyrrole nitrogens is 1. The van der Waals surface area contributed by atoms with Crippen molar-refractivity contribution in [1.82, 2.24) is 24.3 Å². The van der Waals surface area contributed by atoms with Crippen LogP contribution in [0.5, 0.6) is 0 Å². The van der Waals surface area contributed by atoms with Crippen molar-refractivity contribution in [2.45, 2.75) is 32.2 Å². The Balaban J connectivity index is 2.33. The Morgan fingerprint density at radius 2 is 1.95 bits per heavy atom. The molecule has 0 unspecified atom stereocenters. The molecule has 2 aromatic heterocycles. The summed E-state index contributed by atoms with van der Waals surface area (Å²) in [5.41, 5.74) is 2.75. The van der Waals surface area contributed by atoms with Crippen molar-refractivity contribution in [2.75, 3.05) is 7.05 Å². The van der Waals surface area contributed by atoms with Crippen LogP contribution in [-0.4, -0.2) is 39.7 Å². The number of aromatic amines is 1. The maximum atomic E-state index is 12.6. The SMILES string of the molecule is Cc1nn(C)cc1CN(C)S(=O)(=O)c1c(C)n[nH]c1C. The van der Waals surface area contributed by atoms with Crippen molar-refractivity contribution in [3.63, 3.8) is 0 Å². The van der Waals surface area contributed by atoms with E-state index < -0.39 is 10.0 Å². The summed E-state index contributed by atoms with van der Waals surface area (Å²) in [6.07, 6.45) is 1.83. The smallest absolute Gasteiger partial charge is 0.246 e. The summed E-state index contributed by atoms with van der Waals surface area (Å²) >= 11 is 0. The summed E-state index contributed by atoms with van der Waals surface area (Å²) in [6, 6.07) is 0. The summed E-state index contributed by atoms with van der Waals surface area (Å²) in [5, 5.41) is 10.9. The first-order chi connectivity index (χ1) is 9.23. The minimum Gasteiger partial charge on any atom is -0.281 e. The monoisotopic (exact) mass is 297 g/mol. The van der Waals surface area contributed by atoms with Crippen molar-refractivity contribution in [3.8, 4) is 0 Å². The van der Waals surface area contributed by atoms with Gasteiger partial charge in [0.25, 0.3) is 0 Å². The van der Waals surface area contributed by atoms with E-state index in [4.69, 9.17) is 0 Å². The Labute approximate surface area is 118 Å². The summed E-state index contributed by atoms with van der Waals surface area (Å²) in [4.78, 5) is 0.251. The quantitative estimate of drug-likeness (QED) is 0.908. The van der Waals surface area contributed by atoms with Crippen LogP contribution >= 0.6 is 0 Å². The Morgan fingerprint density at radius 1 is 1.30 bits per heavy atom. The molecule has 0 aliphatic rings. The molecule has 0 aromatic carbocycles. The van der Waals surface area contributed by atoms with Gasteiger partial charge in [0.1, 0.15) is 4.90 Å². The summed E-state index contributed by atoms with van der Waals surface area (Å²) in [6.45, 7) is 5.53. The highest BCUT2D eigenvalue weighted by Crippen LogP contribution is 2.22. The Bertz CT molecular complexity index is 710. The number of hydrogen-bond donors (Lipinski definition) is 1. The van der Waals surface area contributed by atoms with Gasteiger partial charge in [0.2, 0.25) is 10.0 Å². The van der Waals surface area contributed by atoms with Crippen LogP contribution in [0.3, 0.4) is 0 Å². The van der Waals surface area contributed by atoms with Gasteiger partial charge >= 0.3 is 0 Å². The molecule has 2 rings (SSSR count). The molecule has 0 amide bonds. The van der Waals surface area contributed by atoms with Crippen LogP contribution in [0.1, 0.15) is 22.6 Å². The summed E-state index contributed by atoms with van der Waals surface area (Å²) < 4.78 is 28.2. The first-order valence-corrected chi connectivity index (χ1v) is 7.64. The molecule has 2 heterocycles. The summed E-state index contributed by atoms with van der Waals surface area (Å²) in [7, 11) is -0.182. The maximum Gasteiger partial charge on any atom is 0.246 e. The normalized spacial score (nSPS) is 12.3. The minimum absolute atomic E-state index is 0.251. The molecule has 1 N–H and O–H groups in total. The van der Waals surface area contributed by atoms with E-state index in [1.54, 1.807) is 25.6 Å². The third-order valence-corrected chi connectivity index (χ3v) is 5.30. The first kappa shape index (κ1) is 14.7. The third-order valence-electron chi connectivity index (χ3n) is 3.24. The molecule has 0 bridgehead atoms. The molecular formula is C12H19N5O2S. The van der Waals surface area contributed by atoms with E-state index in [2.05, 4.69) is 15.3 Å². The third kappa shape index (κ3) is 2.48. The van der Waals surface area contributed by atoms with Crippen molar-refractivity contribution in [2.24, 2.45) is 7.05 Å². The van der Waals surface area contributed by atoms with E-state index >= 15 is 0 Å². The predicted octanol–water partition coefficient (Wildman–Crippen LogP) is 0.889. The Morgan fingerprint density at radius 3 is 2.40 bits per heavy atom. The van der Waals surface area contributed by atoms with E-state index in [1.807, 2.05) is 20.2 Å². The fourth-order valence-corrected chi connectivity index (χ4v) is 3.68. The van der Waals surface area contributed by atoms with Crippen LogP contribution in [0, 0.1) is 20.8 Å². The number of hydrogen-bond acceptors (Lipinski definition) is 4. The zero-order valence-corrected chi connectivity index (χ0v) is 13.1. The lowest BCUT2D eigenvalue weighted by atomic mass is 10.3. The molecule has 0 fully saturated rings. The topological polar surface area (TPSA) is 83.9 Å². The van der Waals surface area contributed by atoms with E-state index in [-0.39, 0.29) is 11.4 Å². The molecule has 0 atom stereocenters. The second kappa shape index (κ2) is 5.02. The number of nitrogens with one attached hydrogen (secondary N) is 1. The average molecular weight is 297 g/mol. The van der Waals surface area contributed by atoms with Gasteiger partial charge in [-0.2, -0.15) is 14.5 Å². The number of nitrogens with zero attached hydrogens (tertiary/aromatic N) is 4. The van der Waals surface area contributed by atoms with Crippen LogP contribution < -0.4 is 0 Å². The zero-order valence-electron chi connectivity index (χ0n) is 12.3. The molecule has 0 aliphatic heterocycles. The van der Waals surface area contributed by atoms with Crippen molar-refractivity contribution in [3.05, 3.63) is 28.8 Å². The molecule has 0 spiro atoms. The van der Waals surface area contributed by atoms with Gasteiger partial charge in [-0.15, -0.1) is 0 Å². The molecule has 0 aliphatic carbocycles. The second-order valence-corrected chi connectivity index (χ2v) is 6.92. The molecular weight excluding hydrogens is 278 g/mol. The van der Waals surface area contributed by atoms with Crippen molar-refractivity contribution >= 4 is 10.0 Å². The lowest BCUT2D eigenvalue weighted by Crippen LogP contribution is -2.27. The molecule has 20 heavy (non-hydrogen) atoms. The average Bonchev–Trinajstić information content (AvgIpc) is 2.82. The van der Waals surface area contributed by atoms with Gasteiger partial charge in [0, 0.05) is 32.4 Å². The number of rotatable bonds is 4. The van der Waals surface area contributed by atoms with Gasteiger partial charge in [0.05, 0.1) is 17.1 Å². The fraction of sp³-hybridized carbons (Fsp3) is 0.500. The van der Waals surface area contributed by atoms with E-state index in [9.17, 15) is 8.42 Å². The van der Waals surface area contributed by atoms with Crippen LogP contribution in [0.15, 0.2) is 11.1 Å². The second-order valence-electron chi connectivity index (χ2n) is 4.94. The fourth-order valence-electron chi connectivity index (χ4n) is 2.21. The Kier molecular flexibility index (Phi) is 3.70. The van der Waals surface area contributed by atoms with Crippen LogP contribution in [0.25, 0.3) is 0 Å². The van der Waals surface area contributed by atoms with Crippen molar-refractivity contribution < 1.29 is 8.42 Å². The lowest BCUT2D eigenvalue weighted by Gasteiger charge is -2.16. The van der Waals surface area contributed by atoms with Crippen LogP contribution in [0.2, 0.25) is 0 Å². The molecule has 7 nitrogen and oxygen atoms in total. The number of sulfonamides is 1. The van der Waals surface area contributed by atoms with Gasteiger partial charge in [-0.1, -0.05) is 0 Å². The van der Waals surface area contributed by atoms with Gasteiger partial charge in [-0.25, -0.2) is 8.42 Å². The first-order valence-electron chi connectivity index (χ1n) is 6.20. The van der Waals surface area contributed by atoms with Gasteiger partial charge < -0.3 is 0 Å². The van der Waals surface area contributed by atoms with Crippen LogP contribution in [-0.2, 0) is 23.6 Å². The molecule has 0 radical (unpaired) electrons. The number of aryl methyl sites for hydroxylation is 4. The van der Waals surface area contributed by atoms with Crippen LogP contribution in [0.4, 0.5) is 0 Å². The van der Waals surface area contributed by atoms with Gasteiger partial charge in [-0.3, -0.25) is 9.78 Å². The largest absolute Gasteiger partial charge is 0.281 e. The number of aromatic nitrogens is 4. The highest BCUT2D eigenvalue weighted by molar-refractivity contribution is 7.89. The van der Waals surface area contributed by atoms with Crippen molar-refractivity contribution in [1.29, 1.82) is 0 Å². The molecule has 110 valence electrons. The molecule has 8 heteroatoms. The van der Waals surface area contributed by atoms with E-state index in [1.165, 1.54) is 4.31 Å². The standard InChI is InChI=1S/C12H19N5O2S/c1-8-11(6-16(4)15-8)7-17(5)20(18,19)12-9(2)13-14-10(12)3/h6H,7H2,1-5H3,(H,13,14). The highest BCUT2D eigenvalue weighted by Gasteiger charge is 2.27. The zero-order chi connectivity index (χ0) is 15.1. The lowest BCUT2D eigenvalue weighted by molar-refractivity contribution is 0.465. The summed E-state index contributed by atoms with van der Waals surface area (Å²) in [5.74, 6) is 0. The van der Waals surface area contributed by atoms with Gasteiger partial charge in [-0.05, 0) is 20.8 Å². The predicted molar refractivity (Wildman–Crippen MR) is 74.7 cm³/mol. The highest BCUT2D eigenvalue weighted by atomic mass is 32.2. The van der Waals surface area contributed by atoms with E-state index in [0.29, 0.717) is 11.4 Å². The minimum atomic E-state index is -3.56. The molecule has 2 aromatic rings. The molecule has 0 saturated heterocycles. The molecule has 0 saturated carbocycles. The Hall–Kier alpha value is -1.67. The van der Waals surface area contributed by atoms with Gasteiger partial charge in [0.15, 0.2) is 0 Å². The van der Waals surface area contributed by atoms with E-state index in [0.717, 1.165) is 11.3 Å². The maximum absolute atomic E-state index is 12.6.